The molecule has 1 rings (SSSR count). The minimum Gasteiger partial charge on any atom is -0.469 e. The van der Waals surface area contributed by atoms with Crippen LogP contribution in [0.15, 0.2) is 24.3 Å². The van der Waals surface area contributed by atoms with Crippen LogP contribution in [-0.2, 0) is 9.53 Å². The molecule has 0 bridgehead atoms. The third-order valence-electron chi connectivity index (χ3n) is 2.36. The molecule has 0 saturated heterocycles. The lowest BCUT2D eigenvalue weighted by Crippen LogP contribution is -2.20. The molecule has 3 heteroatoms. The largest absolute Gasteiger partial charge is 0.469 e. The molecule has 0 radical (unpaired) electrons. The summed E-state index contributed by atoms with van der Waals surface area (Å²) >= 11 is 0. The number of benzene rings is 1. The van der Waals surface area contributed by atoms with Gasteiger partial charge >= 0.3 is 5.97 Å². The Balaban J connectivity index is 3.10. The van der Waals surface area contributed by atoms with Crippen molar-refractivity contribution in [2.75, 3.05) is 7.11 Å². The highest BCUT2D eigenvalue weighted by molar-refractivity contribution is 5.78. The van der Waals surface area contributed by atoms with Crippen molar-refractivity contribution in [1.29, 1.82) is 0 Å². The minimum atomic E-state index is -0.531. The highest BCUT2D eigenvalue weighted by Gasteiger charge is 2.27. The fraction of sp³-hybridized carbons (Fsp3) is 0.417. The van der Waals surface area contributed by atoms with Gasteiger partial charge in [-0.05, 0) is 12.0 Å². The second-order valence-corrected chi connectivity index (χ2v) is 3.77. The summed E-state index contributed by atoms with van der Waals surface area (Å²) in [5.74, 6) is -1.28. The maximum Gasteiger partial charge on any atom is 0.313 e. The van der Waals surface area contributed by atoms with Crippen LogP contribution in [0.2, 0.25) is 0 Å². The van der Waals surface area contributed by atoms with Crippen LogP contribution in [0, 0.1) is 11.7 Å². The van der Waals surface area contributed by atoms with E-state index in [1.54, 1.807) is 18.2 Å². The number of hydrogen-bond donors (Lipinski definition) is 0. The standard InChI is InChI=1S/C12H15FO2/c1-8(2)11(12(14)15-3)9-6-4-5-7-10(9)13/h4-8,11H,1-3H3. The predicted molar refractivity (Wildman–Crippen MR) is 56.0 cm³/mol. The van der Waals surface area contributed by atoms with Crippen molar-refractivity contribution in [3.8, 4) is 0 Å². The Morgan fingerprint density at radius 3 is 2.40 bits per heavy atom. The fourth-order valence-corrected chi connectivity index (χ4v) is 1.61. The molecule has 1 atom stereocenters. The van der Waals surface area contributed by atoms with Crippen molar-refractivity contribution in [1.82, 2.24) is 0 Å². The third-order valence-corrected chi connectivity index (χ3v) is 2.36. The molecule has 0 aliphatic carbocycles. The van der Waals surface area contributed by atoms with E-state index in [0.717, 1.165) is 0 Å². The zero-order valence-corrected chi connectivity index (χ0v) is 9.16. The van der Waals surface area contributed by atoms with E-state index in [0.29, 0.717) is 5.56 Å². The van der Waals surface area contributed by atoms with E-state index in [9.17, 15) is 9.18 Å². The first-order chi connectivity index (χ1) is 7.07. The molecule has 15 heavy (non-hydrogen) atoms. The molecule has 0 fully saturated rings. The van der Waals surface area contributed by atoms with Gasteiger partial charge in [-0.1, -0.05) is 32.0 Å². The summed E-state index contributed by atoms with van der Waals surface area (Å²) in [6.07, 6.45) is 0. The van der Waals surface area contributed by atoms with Crippen LogP contribution in [0.4, 0.5) is 4.39 Å². The topological polar surface area (TPSA) is 26.3 Å². The van der Waals surface area contributed by atoms with Crippen LogP contribution in [-0.4, -0.2) is 13.1 Å². The number of rotatable bonds is 3. The molecule has 1 aromatic rings. The van der Waals surface area contributed by atoms with Crippen LogP contribution < -0.4 is 0 Å². The molecule has 0 N–H and O–H groups in total. The van der Waals surface area contributed by atoms with Gasteiger partial charge in [0.2, 0.25) is 0 Å². The smallest absolute Gasteiger partial charge is 0.313 e. The van der Waals surface area contributed by atoms with Crippen molar-refractivity contribution < 1.29 is 13.9 Å². The van der Waals surface area contributed by atoms with Gasteiger partial charge < -0.3 is 4.74 Å². The molecule has 0 saturated carbocycles. The first-order valence-electron chi connectivity index (χ1n) is 4.90. The molecule has 1 aromatic carbocycles. The predicted octanol–water partition coefficient (Wildman–Crippen LogP) is 2.74. The average Bonchev–Trinajstić information content (AvgIpc) is 2.20. The van der Waals surface area contributed by atoms with Crippen LogP contribution in [0.3, 0.4) is 0 Å². The Morgan fingerprint density at radius 1 is 1.33 bits per heavy atom. The molecule has 1 unspecified atom stereocenters. The number of methoxy groups -OCH3 is 1. The lowest BCUT2D eigenvalue weighted by atomic mass is 9.88. The molecule has 0 spiro atoms. The number of halogens is 1. The van der Waals surface area contributed by atoms with Gasteiger partial charge in [0.1, 0.15) is 5.82 Å². The number of esters is 1. The molecule has 0 amide bonds. The summed E-state index contributed by atoms with van der Waals surface area (Å²) in [6.45, 7) is 3.74. The van der Waals surface area contributed by atoms with Crippen molar-refractivity contribution in [3.63, 3.8) is 0 Å². The number of hydrogen-bond acceptors (Lipinski definition) is 2. The zero-order valence-electron chi connectivity index (χ0n) is 9.16. The second kappa shape index (κ2) is 4.91. The van der Waals surface area contributed by atoms with Crippen molar-refractivity contribution in [2.24, 2.45) is 5.92 Å². The van der Waals surface area contributed by atoms with Gasteiger partial charge in [0.05, 0.1) is 13.0 Å². The molecule has 0 heterocycles. The van der Waals surface area contributed by atoms with E-state index in [4.69, 9.17) is 0 Å². The van der Waals surface area contributed by atoms with Gasteiger partial charge in [-0.3, -0.25) is 4.79 Å². The first kappa shape index (κ1) is 11.7. The highest BCUT2D eigenvalue weighted by Crippen LogP contribution is 2.27. The molecule has 0 aromatic heterocycles. The maximum atomic E-state index is 13.5. The van der Waals surface area contributed by atoms with Gasteiger partial charge in [0.15, 0.2) is 0 Å². The highest BCUT2D eigenvalue weighted by atomic mass is 19.1. The Hall–Kier alpha value is -1.38. The van der Waals surface area contributed by atoms with Gasteiger partial charge in [-0.15, -0.1) is 0 Å². The molecular weight excluding hydrogens is 195 g/mol. The zero-order chi connectivity index (χ0) is 11.4. The lowest BCUT2D eigenvalue weighted by Gasteiger charge is -2.18. The number of ether oxygens (including phenoxy) is 1. The molecule has 2 nitrogen and oxygen atoms in total. The minimum absolute atomic E-state index is 0.00866. The fourth-order valence-electron chi connectivity index (χ4n) is 1.61. The number of carbonyl (C=O) groups excluding carboxylic acids is 1. The molecule has 82 valence electrons. The third kappa shape index (κ3) is 2.55. The van der Waals surface area contributed by atoms with E-state index in [2.05, 4.69) is 4.74 Å². The quantitative estimate of drug-likeness (QED) is 0.717. The SMILES string of the molecule is COC(=O)C(c1ccccc1F)C(C)C. The summed E-state index contributed by atoms with van der Waals surface area (Å²) in [6, 6.07) is 6.30. The van der Waals surface area contributed by atoms with Crippen LogP contribution >= 0.6 is 0 Å². The van der Waals surface area contributed by atoms with Gasteiger partial charge in [0, 0.05) is 5.56 Å². The van der Waals surface area contributed by atoms with E-state index >= 15 is 0 Å². The summed E-state index contributed by atoms with van der Waals surface area (Å²) < 4.78 is 18.2. The van der Waals surface area contributed by atoms with Gasteiger partial charge in [0.25, 0.3) is 0 Å². The van der Waals surface area contributed by atoms with E-state index in [-0.39, 0.29) is 11.7 Å². The molecule has 0 aliphatic rings. The summed E-state index contributed by atoms with van der Waals surface area (Å²) in [5.41, 5.74) is 0.402. The summed E-state index contributed by atoms with van der Waals surface area (Å²) in [7, 11) is 1.32. The Morgan fingerprint density at radius 2 is 1.93 bits per heavy atom. The number of carbonyl (C=O) groups is 1. The average molecular weight is 210 g/mol. The van der Waals surface area contributed by atoms with Crippen LogP contribution in [0.25, 0.3) is 0 Å². The summed E-state index contributed by atoms with van der Waals surface area (Å²) in [5, 5.41) is 0. The lowest BCUT2D eigenvalue weighted by molar-refractivity contribution is -0.143. The van der Waals surface area contributed by atoms with Gasteiger partial charge in [-0.2, -0.15) is 0 Å². The molecule has 0 aliphatic heterocycles. The normalized spacial score (nSPS) is 12.6. The van der Waals surface area contributed by atoms with Crippen LogP contribution in [0.1, 0.15) is 25.3 Å². The summed E-state index contributed by atoms with van der Waals surface area (Å²) in [4.78, 5) is 11.5. The van der Waals surface area contributed by atoms with E-state index in [1.807, 2.05) is 13.8 Å². The Labute approximate surface area is 89.1 Å². The van der Waals surface area contributed by atoms with Crippen molar-refractivity contribution in [2.45, 2.75) is 19.8 Å². The second-order valence-electron chi connectivity index (χ2n) is 3.77. The van der Waals surface area contributed by atoms with Gasteiger partial charge in [-0.25, -0.2) is 4.39 Å². The molecular formula is C12H15FO2. The Kier molecular flexibility index (Phi) is 3.83. The first-order valence-corrected chi connectivity index (χ1v) is 4.90. The Bertz CT molecular complexity index is 347. The maximum absolute atomic E-state index is 13.5. The van der Waals surface area contributed by atoms with E-state index in [1.165, 1.54) is 13.2 Å². The van der Waals surface area contributed by atoms with Crippen LogP contribution in [0.5, 0.6) is 0 Å². The van der Waals surface area contributed by atoms with E-state index < -0.39 is 11.9 Å². The van der Waals surface area contributed by atoms with Crippen molar-refractivity contribution in [3.05, 3.63) is 35.6 Å². The van der Waals surface area contributed by atoms with Crippen molar-refractivity contribution >= 4 is 5.97 Å². The monoisotopic (exact) mass is 210 g/mol.